The lowest BCUT2D eigenvalue weighted by Crippen LogP contribution is -2.56. The Morgan fingerprint density at radius 3 is 2.11 bits per heavy atom. The SMILES string of the molecule is CCn1cc([C@@H]2[C@H](C(=O)Nc3ccccc3OC)C(=O)C[C@@](C)(O)[C@@H]2C(=O)Nc2ccccc2OC)cn1. The van der Waals surface area contributed by atoms with E-state index in [2.05, 4.69) is 15.7 Å². The predicted molar refractivity (Wildman–Crippen MR) is 141 cm³/mol. The summed E-state index contributed by atoms with van der Waals surface area (Å²) in [4.78, 5) is 41.0. The summed E-state index contributed by atoms with van der Waals surface area (Å²) in [6.45, 7) is 3.90. The third kappa shape index (κ3) is 5.26. The number of nitrogens with one attached hydrogen (secondary N) is 2. The smallest absolute Gasteiger partial charge is 0.235 e. The van der Waals surface area contributed by atoms with Gasteiger partial charge in [-0.05, 0) is 43.7 Å². The van der Waals surface area contributed by atoms with Gasteiger partial charge in [-0.1, -0.05) is 24.3 Å². The van der Waals surface area contributed by atoms with Gasteiger partial charge in [-0.3, -0.25) is 19.1 Å². The van der Waals surface area contributed by atoms with Gasteiger partial charge in [-0.25, -0.2) is 0 Å². The van der Waals surface area contributed by atoms with Crippen molar-refractivity contribution >= 4 is 29.0 Å². The molecule has 200 valence electrons. The van der Waals surface area contributed by atoms with Gasteiger partial charge in [0.15, 0.2) is 0 Å². The zero-order valence-electron chi connectivity index (χ0n) is 21.8. The molecule has 0 bridgehead atoms. The lowest BCUT2D eigenvalue weighted by atomic mass is 9.61. The van der Waals surface area contributed by atoms with Crippen molar-refractivity contribution in [2.24, 2.45) is 11.8 Å². The molecule has 0 spiro atoms. The number of aliphatic hydroxyl groups is 1. The third-order valence-corrected chi connectivity index (χ3v) is 6.92. The highest BCUT2D eigenvalue weighted by atomic mass is 16.5. The average Bonchev–Trinajstić information content (AvgIpc) is 3.37. The topological polar surface area (TPSA) is 132 Å². The Hall–Kier alpha value is -4.18. The highest BCUT2D eigenvalue weighted by Gasteiger charge is 2.56. The Labute approximate surface area is 220 Å². The maximum absolute atomic E-state index is 13.8. The first-order valence-corrected chi connectivity index (χ1v) is 12.3. The molecule has 0 unspecified atom stereocenters. The third-order valence-electron chi connectivity index (χ3n) is 6.92. The van der Waals surface area contributed by atoms with Crippen LogP contribution in [0.5, 0.6) is 11.5 Å². The van der Waals surface area contributed by atoms with E-state index in [0.717, 1.165) is 0 Å². The minimum absolute atomic E-state index is 0.376. The monoisotopic (exact) mass is 520 g/mol. The van der Waals surface area contributed by atoms with Gasteiger partial charge in [0.1, 0.15) is 23.2 Å². The van der Waals surface area contributed by atoms with E-state index in [4.69, 9.17) is 9.47 Å². The number of hydrogen-bond acceptors (Lipinski definition) is 7. The number of hydrogen-bond donors (Lipinski definition) is 3. The molecule has 1 fully saturated rings. The molecule has 0 aliphatic heterocycles. The minimum Gasteiger partial charge on any atom is -0.495 e. The van der Waals surface area contributed by atoms with Crippen LogP contribution in [0, 0.1) is 11.8 Å². The van der Waals surface area contributed by atoms with E-state index >= 15 is 0 Å². The first kappa shape index (κ1) is 26.9. The average molecular weight is 521 g/mol. The number of nitrogens with zero attached hydrogens (tertiary/aromatic N) is 2. The quantitative estimate of drug-likeness (QED) is 0.389. The molecule has 0 saturated heterocycles. The van der Waals surface area contributed by atoms with Crippen LogP contribution in [0.25, 0.3) is 0 Å². The number of ether oxygens (including phenoxy) is 2. The number of para-hydroxylation sites is 4. The second kappa shape index (κ2) is 11.1. The molecule has 4 rings (SSSR count). The van der Waals surface area contributed by atoms with Gasteiger partial charge < -0.3 is 25.2 Å². The van der Waals surface area contributed by atoms with Crippen LogP contribution in [0.3, 0.4) is 0 Å². The van der Waals surface area contributed by atoms with Gasteiger partial charge in [0, 0.05) is 25.1 Å². The fourth-order valence-corrected chi connectivity index (χ4v) is 5.13. The summed E-state index contributed by atoms with van der Waals surface area (Å²) in [5.74, 6) is -4.16. The molecule has 3 N–H and O–H groups in total. The summed E-state index contributed by atoms with van der Waals surface area (Å²) in [6, 6.07) is 13.7. The molecule has 10 heteroatoms. The van der Waals surface area contributed by atoms with Gasteiger partial charge >= 0.3 is 0 Å². The Morgan fingerprint density at radius 2 is 1.58 bits per heavy atom. The fraction of sp³-hybridized carbons (Fsp3) is 0.357. The highest BCUT2D eigenvalue weighted by molar-refractivity contribution is 6.11. The first-order valence-electron chi connectivity index (χ1n) is 12.3. The summed E-state index contributed by atoms with van der Waals surface area (Å²) in [7, 11) is 2.97. The zero-order chi connectivity index (χ0) is 27.4. The molecular weight excluding hydrogens is 488 g/mol. The number of benzene rings is 2. The number of ketones is 1. The van der Waals surface area contributed by atoms with Gasteiger partial charge in [0.05, 0.1) is 43.3 Å². The van der Waals surface area contributed by atoms with E-state index in [-0.39, 0.29) is 6.42 Å². The first-order chi connectivity index (χ1) is 18.2. The minimum atomic E-state index is -1.73. The normalized spacial score (nSPS) is 23.0. The van der Waals surface area contributed by atoms with Crippen LogP contribution in [0.15, 0.2) is 60.9 Å². The van der Waals surface area contributed by atoms with E-state index in [9.17, 15) is 19.5 Å². The summed E-state index contributed by atoms with van der Waals surface area (Å²) in [6.07, 6.45) is 2.86. The van der Waals surface area contributed by atoms with Crippen molar-refractivity contribution in [1.82, 2.24) is 9.78 Å². The summed E-state index contributed by atoms with van der Waals surface area (Å²) < 4.78 is 12.3. The molecule has 38 heavy (non-hydrogen) atoms. The van der Waals surface area contributed by atoms with Crippen molar-refractivity contribution in [2.75, 3.05) is 24.9 Å². The fourth-order valence-electron chi connectivity index (χ4n) is 5.13. The van der Waals surface area contributed by atoms with Crippen LogP contribution >= 0.6 is 0 Å². The van der Waals surface area contributed by atoms with E-state index in [1.165, 1.54) is 27.3 Å². The second-order valence-electron chi connectivity index (χ2n) is 9.49. The van der Waals surface area contributed by atoms with E-state index in [1.54, 1.807) is 59.4 Å². The number of carbonyl (C=O) groups excluding carboxylic acids is 3. The molecule has 1 heterocycles. The molecule has 10 nitrogen and oxygen atoms in total. The van der Waals surface area contributed by atoms with Crippen LogP contribution in [-0.4, -0.2) is 52.3 Å². The van der Waals surface area contributed by atoms with Gasteiger partial charge in [-0.15, -0.1) is 0 Å². The van der Waals surface area contributed by atoms with E-state index in [1.807, 2.05) is 6.92 Å². The van der Waals surface area contributed by atoms with Crippen molar-refractivity contribution in [3.63, 3.8) is 0 Å². The number of methoxy groups -OCH3 is 2. The number of aryl methyl sites for hydroxylation is 1. The molecule has 2 aromatic carbocycles. The summed E-state index contributed by atoms with van der Waals surface area (Å²) in [5, 5.41) is 21.4. The van der Waals surface area contributed by atoms with Gasteiger partial charge in [0.2, 0.25) is 11.8 Å². The Morgan fingerprint density at radius 1 is 1.03 bits per heavy atom. The van der Waals surface area contributed by atoms with Crippen LogP contribution in [-0.2, 0) is 20.9 Å². The molecular formula is C28H32N4O6. The number of rotatable bonds is 8. The van der Waals surface area contributed by atoms with E-state index in [0.29, 0.717) is 35.0 Å². The molecule has 2 amide bonds. The van der Waals surface area contributed by atoms with Gasteiger partial charge in [-0.2, -0.15) is 5.10 Å². The zero-order valence-corrected chi connectivity index (χ0v) is 21.8. The number of anilines is 2. The van der Waals surface area contributed by atoms with Crippen LogP contribution in [0.4, 0.5) is 11.4 Å². The Kier molecular flexibility index (Phi) is 7.82. The molecule has 4 atom stereocenters. The molecule has 3 aromatic rings. The molecule has 1 aliphatic carbocycles. The van der Waals surface area contributed by atoms with Crippen LogP contribution < -0.4 is 20.1 Å². The van der Waals surface area contributed by atoms with Crippen LogP contribution in [0.1, 0.15) is 31.7 Å². The van der Waals surface area contributed by atoms with Gasteiger partial charge in [0.25, 0.3) is 0 Å². The predicted octanol–water partition coefficient (Wildman–Crippen LogP) is 3.24. The maximum Gasteiger partial charge on any atom is 0.235 e. The molecule has 1 aromatic heterocycles. The largest absolute Gasteiger partial charge is 0.495 e. The standard InChI is InChI=1S/C28H32N4O6/c1-5-32-16-17(15-29-32)23-24(26(34)30-18-10-6-8-12-21(18)37-3)20(33)14-28(2,36)25(23)27(35)31-19-11-7-9-13-22(19)38-4/h6-13,15-16,23-25,36H,5,14H2,1-4H3,(H,30,34)(H,31,35)/t23-,24-,25+,28-/m1/s1. The maximum atomic E-state index is 13.8. The number of carbonyl (C=O) groups is 3. The van der Waals surface area contributed by atoms with Crippen LogP contribution in [0.2, 0.25) is 0 Å². The highest BCUT2D eigenvalue weighted by Crippen LogP contribution is 2.47. The molecule has 0 radical (unpaired) electrons. The number of amides is 2. The Balaban J connectivity index is 1.77. The van der Waals surface area contributed by atoms with Crippen molar-refractivity contribution in [3.8, 4) is 11.5 Å². The Bertz CT molecular complexity index is 1330. The van der Waals surface area contributed by atoms with Crippen molar-refractivity contribution in [3.05, 3.63) is 66.5 Å². The number of aromatic nitrogens is 2. The van der Waals surface area contributed by atoms with Crippen molar-refractivity contribution < 1.29 is 29.0 Å². The lowest BCUT2D eigenvalue weighted by molar-refractivity contribution is -0.150. The summed E-state index contributed by atoms with van der Waals surface area (Å²) in [5.41, 5.74) is -0.432. The molecule has 1 aliphatic rings. The van der Waals surface area contributed by atoms with E-state index < -0.39 is 41.0 Å². The second-order valence-corrected chi connectivity index (χ2v) is 9.49. The van der Waals surface area contributed by atoms with Crippen molar-refractivity contribution in [1.29, 1.82) is 0 Å². The molecule has 1 saturated carbocycles. The lowest BCUT2D eigenvalue weighted by Gasteiger charge is -2.44. The number of Topliss-reactive ketones (excluding diaryl/α,β-unsaturated/α-hetero) is 1. The van der Waals surface area contributed by atoms with Crippen molar-refractivity contribution in [2.45, 2.75) is 38.3 Å². The summed E-state index contributed by atoms with van der Waals surface area (Å²) >= 11 is 0.